The number of hydrogen-bond donors (Lipinski definition) is 2. The Morgan fingerprint density at radius 1 is 0.320 bits per heavy atom. The summed E-state index contributed by atoms with van der Waals surface area (Å²) in [5.74, 6) is -4.21. The van der Waals surface area contributed by atoms with E-state index in [-0.39, 0.29) is 93.9 Å². The average Bonchev–Trinajstić information content (AvgIpc) is 0.838. The first kappa shape index (κ1) is 79.2. The first-order chi connectivity index (χ1) is 45.3. The topological polar surface area (TPSA) is 336 Å². The van der Waals surface area contributed by atoms with Gasteiger partial charge in [0.15, 0.2) is 0 Å². The van der Waals surface area contributed by atoms with E-state index in [0.29, 0.717) is 64.2 Å². The Balaban J connectivity index is 0.000000251. The molecule has 4 N–H and O–H groups in total. The number of non-ortho nitro benzene ring substituents is 5. The minimum absolute atomic E-state index is 0.00289. The number of nitrogen functional groups attached to an aromatic ring is 2. The van der Waals surface area contributed by atoms with Gasteiger partial charge in [-0.15, -0.1) is 0 Å². The standard InChI is InChI=1S/C15H11BrF2O.C15H11F2NO3.C15H13F2NO.C9H8BrNO3.C6H3BrN2O4.C6H5BrN2O2/c1-9(19)4-10-5-11(7-12(16)6-10)14-3-2-13(17)8-15(14)18;1-9(19)4-10-5-11(7-13(6-10)18(20)21)14-3-2-12(16)8-15(14)17;1-9(19)4-10-5-11(7-13(18)6-10)14-3-2-12(16)8-15(14)17;1-6(12)2-7-3-8(10)5-9(4-7)11(13)14;7-4-1-5(8(10)11)3-6(2-4)9(12)13;7-4-1-5(8)3-6(2-4)9(10)11/h2-3,5-8H,4H2,1H3;2-3,5-8H,4H2,1H3;2-3,5-8H,4,18H2,1H3;3-5H,2H2,1H3;1-3H;1-3H,8H2. The molecule has 97 heavy (non-hydrogen) atoms. The summed E-state index contributed by atoms with van der Waals surface area (Å²) in [4.78, 5) is 93.5. The molecule has 0 fully saturated rings. The number of hydrogen-bond acceptors (Lipinski definition) is 16. The third kappa shape index (κ3) is 27.2. The Morgan fingerprint density at radius 2 is 0.577 bits per heavy atom. The smallest absolute Gasteiger partial charge is 0.277 e. The normalized spacial score (nSPS) is 10.2. The number of Topliss-reactive ketones (excluding diaryl/α,β-unsaturated/α-hetero) is 4. The van der Waals surface area contributed by atoms with Crippen molar-refractivity contribution < 1.29 is 70.1 Å². The van der Waals surface area contributed by atoms with Crippen LogP contribution in [-0.2, 0) is 44.9 Å². The second-order valence-electron chi connectivity index (χ2n) is 20.6. The van der Waals surface area contributed by atoms with E-state index in [9.17, 15) is 96.1 Å². The van der Waals surface area contributed by atoms with E-state index in [1.165, 1.54) is 113 Å². The monoisotopic (exact) mass is 1600 g/mol. The molecule has 0 amide bonds. The van der Waals surface area contributed by atoms with Crippen molar-refractivity contribution in [3.05, 3.63) is 289 Å². The molecule has 504 valence electrons. The number of nitrogens with two attached hydrogens (primary N) is 2. The molecule has 0 aliphatic rings. The molecule has 0 atom stereocenters. The number of carbonyl (C=O) groups is 4. The van der Waals surface area contributed by atoms with Crippen molar-refractivity contribution in [2.45, 2.75) is 53.4 Å². The molecule has 0 spiro atoms. The van der Waals surface area contributed by atoms with Gasteiger partial charge < -0.3 is 11.5 Å². The number of rotatable bonds is 16. The summed E-state index contributed by atoms with van der Waals surface area (Å²) < 4.78 is 82.3. The fraction of sp³-hybridized carbons (Fsp3) is 0.121. The molecule has 0 radical (unpaired) electrons. The van der Waals surface area contributed by atoms with Gasteiger partial charge in [-0.05, 0) is 139 Å². The number of anilines is 2. The van der Waals surface area contributed by atoms with Crippen LogP contribution in [0.2, 0.25) is 0 Å². The minimum atomic E-state index is -0.815. The average molecular weight is 1600 g/mol. The zero-order chi connectivity index (χ0) is 72.7. The predicted molar refractivity (Wildman–Crippen MR) is 365 cm³/mol. The third-order valence-electron chi connectivity index (χ3n) is 12.3. The molecule has 0 aromatic heterocycles. The summed E-state index contributed by atoms with van der Waals surface area (Å²) in [6, 6.07) is 36.2. The molecule has 0 aliphatic heterocycles. The summed E-state index contributed by atoms with van der Waals surface area (Å²) in [6.45, 7) is 5.78. The first-order valence-electron chi connectivity index (χ1n) is 27.4. The van der Waals surface area contributed by atoms with Gasteiger partial charge in [-0.2, -0.15) is 0 Å². The largest absolute Gasteiger partial charge is 0.399 e. The third-order valence-corrected chi connectivity index (χ3v) is 14.1. The van der Waals surface area contributed by atoms with Crippen molar-refractivity contribution in [3.8, 4) is 33.4 Å². The van der Waals surface area contributed by atoms with Crippen molar-refractivity contribution in [1.82, 2.24) is 0 Å². The maximum absolute atomic E-state index is 13.8. The lowest BCUT2D eigenvalue weighted by Crippen LogP contribution is -1.99. The van der Waals surface area contributed by atoms with Crippen molar-refractivity contribution in [2.24, 2.45) is 0 Å². The molecule has 0 unspecified atom stereocenters. The lowest BCUT2D eigenvalue weighted by atomic mass is 9.99. The molecule has 9 rings (SSSR count). The van der Waals surface area contributed by atoms with Crippen molar-refractivity contribution in [3.63, 3.8) is 0 Å². The van der Waals surface area contributed by atoms with Crippen LogP contribution in [0.1, 0.15) is 49.9 Å². The van der Waals surface area contributed by atoms with E-state index in [1.54, 1.807) is 42.5 Å². The number of benzene rings is 9. The summed E-state index contributed by atoms with van der Waals surface area (Å²) in [5, 5.41) is 52.2. The number of carbonyl (C=O) groups excluding carboxylic acids is 4. The second-order valence-corrected chi connectivity index (χ2v) is 24.3. The van der Waals surface area contributed by atoms with E-state index >= 15 is 0 Å². The van der Waals surface area contributed by atoms with E-state index in [4.69, 9.17) is 11.5 Å². The molecule has 0 saturated heterocycles. The van der Waals surface area contributed by atoms with Crippen LogP contribution in [0.3, 0.4) is 0 Å². The Labute approximate surface area is 580 Å². The van der Waals surface area contributed by atoms with Crippen LogP contribution in [-0.4, -0.2) is 47.7 Å². The fourth-order valence-corrected chi connectivity index (χ4v) is 10.6. The second kappa shape index (κ2) is 37.2. The number of nitrogens with zero attached hydrogens (tertiary/aromatic N) is 5. The van der Waals surface area contributed by atoms with Crippen molar-refractivity contribution in [2.75, 3.05) is 11.5 Å². The Hall–Kier alpha value is -10.2. The maximum Gasteiger partial charge on any atom is 0.277 e. The summed E-state index contributed by atoms with van der Waals surface area (Å²) in [6.07, 6.45) is 0.758. The first-order valence-corrected chi connectivity index (χ1v) is 30.6. The molecule has 9 aromatic carbocycles. The van der Waals surface area contributed by atoms with Crippen LogP contribution >= 0.6 is 63.7 Å². The minimum Gasteiger partial charge on any atom is -0.399 e. The van der Waals surface area contributed by atoms with Crippen LogP contribution in [0.15, 0.2) is 182 Å². The number of ketones is 4. The van der Waals surface area contributed by atoms with Gasteiger partial charge in [-0.3, -0.25) is 69.7 Å². The summed E-state index contributed by atoms with van der Waals surface area (Å²) in [5.41, 5.74) is 15.6. The number of nitro benzene ring substituents is 5. The van der Waals surface area contributed by atoms with E-state index in [0.717, 1.165) is 34.3 Å². The molecule has 31 heteroatoms. The molecule has 0 aliphatic carbocycles. The molecule has 9 aromatic rings. The van der Waals surface area contributed by atoms with E-state index in [1.807, 2.05) is 6.07 Å². The van der Waals surface area contributed by atoms with Crippen molar-refractivity contribution in [1.29, 1.82) is 0 Å². The van der Waals surface area contributed by atoms with Gasteiger partial charge in [0.1, 0.15) is 58.0 Å². The molecule has 0 heterocycles. The van der Waals surface area contributed by atoms with Crippen LogP contribution in [0, 0.1) is 85.5 Å². The highest BCUT2D eigenvalue weighted by Crippen LogP contribution is 2.32. The fourth-order valence-electron chi connectivity index (χ4n) is 8.55. The van der Waals surface area contributed by atoms with Crippen LogP contribution in [0.4, 0.5) is 66.2 Å². The predicted octanol–water partition coefficient (Wildman–Crippen LogP) is 18.2. The van der Waals surface area contributed by atoms with Gasteiger partial charge in [0.05, 0.1) is 30.7 Å². The van der Waals surface area contributed by atoms with Crippen LogP contribution in [0.25, 0.3) is 33.4 Å². The highest BCUT2D eigenvalue weighted by atomic mass is 79.9. The van der Waals surface area contributed by atoms with E-state index in [2.05, 4.69) is 63.7 Å². The molecular formula is C66H51Br4F6N7O14. The molecule has 0 saturated carbocycles. The van der Waals surface area contributed by atoms with Gasteiger partial charge in [-0.1, -0.05) is 81.9 Å². The van der Waals surface area contributed by atoms with E-state index < -0.39 is 59.5 Å². The molecule has 21 nitrogen and oxygen atoms in total. The SMILES string of the molecule is CC(=O)Cc1cc(-c2ccc(F)cc2F)cc([N+](=O)[O-])c1.CC(=O)Cc1cc(Br)cc(-c2ccc(F)cc2F)c1.CC(=O)Cc1cc(Br)cc([N+](=O)[O-])c1.CC(=O)Cc1cc(N)cc(-c2ccc(F)cc2F)c1.Nc1cc(Br)cc([N+](=O)[O-])c1.O=[N+]([O-])c1cc(Br)cc([N+](=O)[O-])c1. The Kier molecular flexibility index (Phi) is 30.3. The van der Waals surface area contributed by atoms with Gasteiger partial charge >= 0.3 is 0 Å². The number of halogens is 10. The zero-order valence-corrected chi connectivity index (χ0v) is 57.1. The van der Waals surface area contributed by atoms with Gasteiger partial charge in [-0.25, -0.2) is 26.3 Å². The van der Waals surface area contributed by atoms with Crippen LogP contribution in [0.5, 0.6) is 0 Å². The lowest BCUT2D eigenvalue weighted by molar-refractivity contribution is -0.394. The molecule has 0 bridgehead atoms. The van der Waals surface area contributed by atoms with Crippen molar-refractivity contribution >= 4 is 127 Å². The highest BCUT2D eigenvalue weighted by molar-refractivity contribution is 9.11. The highest BCUT2D eigenvalue weighted by Gasteiger charge is 2.18. The van der Waals surface area contributed by atoms with Gasteiger partial charge in [0.2, 0.25) is 0 Å². The van der Waals surface area contributed by atoms with Gasteiger partial charge in [0, 0.05) is 138 Å². The Morgan fingerprint density at radius 3 is 0.918 bits per heavy atom. The summed E-state index contributed by atoms with van der Waals surface area (Å²) in [7, 11) is 0. The zero-order valence-electron chi connectivity index (χ0n) is 50.8. The number of nitro groups is 5. The summed E-state index contributed by atoms with van der Waals surface area (Å²) >= 11 is 12.5. The maximum atomic E-state index is 13.8. The van der Waals surface area contributed by atoms with Gasteiger partial charge in [0.25, 0.3) is 28.4 Å². The molecular weight excluding hydrogens is 1550 g/mol. The Bertz CT molecular complexity index is 4350. The van der Waals surface area contributed by atoms with Crippen LogP contribution < -0.4 is 11.5 Å². The lowest BCUT2D eigenvalue weighted by Gasteiger charge is -2.08. The quantitative estimate of drug-likeness (QED) is 0.0393.